The first-order valence-corrected chi connectivity index (χ1v) is 7.89. The van der Waals surface area contributed by atoms with Crippen molar-refractivity contribution in [1.29, 1.82) is 5.26 Å². The van der Waals surface area contributed by atoms with Crippen molar-refractivity contribution in [2.45, 2.75) is 32.8 Å². The van der Waals surface area contributed by atoms with Gasteiger partial charge in [0.25, 0.3) is 0 Å². The molecule has 128 valence electrons. The lowest BCUT2D eigenvalue weighted by molar-refractivity contribution is -0.146. The number of nitriles is 1. The second-order valence-corrected chi connectivity index (χ2v) is 6.25. The zero-order valence-electron chi connectivity index (χ0n) is 13.1. The minimum absolute atomic E-state index is 0.300. The molecule has 8 heteroatoms. The highest BCUT2D eigenvalue weighted by molar-refractivity contribution is 7.16. The molecule has 0 aliphatic heterocycles. The van der Waals surface area contributed by atoms with Crippen LogP contribution in [0.15, 0.2) is 0 Å². The first-order chi connectivity index (χ1) is 10.9. The first-order valence-electron chi connectivity index (χ1n) is 7.08. The monoisotopic (exact) mass is 346 g/mol. The minimum Gasteiger partial charge on any atom is -0.390 e. The summed E-state index contributed by atoms with van der Waals surface area (Å²) in [7, 11) is 1.68. The summed E-state index contributed by atoms with van der Waals surface area (Å²) < 4.78 is 33.1. The lowest BCUT2D eigenvalue weighted by Gasteiger charge is -2.30. The summed E-state index contributed by atoms with van der Waals surface area (Å²) in [6, 6.07) is 2.08. The summed E-state index contributed by atoms with van der Waals surface area (Å²) in [6.07, 6.45) is 1.88. The van der Waals surface area contributed by atoms with E-state index in [4.69, 9.17) is 5.73 Å². The molecule has 1 atom stereocenters. The largest absolute Gasteiger partial charge is 0.390 e. The number of carbonyl (C=O) groups is 1. The lowest BCUT2D eigenvalue weighted by Crippen LogP contribution is -2.32. The molecule has 1 unspecified atom stereocenters. The van der Waals surface area contributed by atoms with E-state index in [1.165, 1.54) is 11.3 Å². The van der Waals surface area contributed by atoms with Gasteiger partial charge in [0.1, 0.15) is 0 Å². The molecule has 0 saturated heterocycles. The Hall–Kier alpha value is -1.56. The summed E-state index contributed by atoms with van der Waals surface area (Å²) in [5.41, 5.74) is 6.10. The van der Waals surface area contributed by atoms with Crippen LogP contribution in [0.25, 0.3) is 0 Å². The number of nitrogens with zero attached hydrogens (tertiary/aromatic N) is 1. The molecule has 1 heterocycles. The molecular weight excluding hydrogens is 326 g/mol. The number of methoxy groups -OCH3 is 1. The van der Waals surface area contributed by atoms with Crippen LogP contribution in [0.2, 0.25) is 0 Å². The Labute approximate surface area is 138 Å². The molecule has 0 spiro atoms. The maximum Gasteiger partial charge on any atom is 0.345 e. The Morgan fingerprint density at radius 3 is 2.70 bits per heavy atom. The van der Waals surface area contributed by atoms with Crippen molar-refractivity contribution in [2.75, 3.05) is 26.1 Å². The van der Waals surface area contributed by atoms with Gasteiger partial charge in [-0.25, -0.2) is 0 Å². The second kappa shape index (κ2) is 8.91. The summed E-state index contributed by atoms with van der Waals surface area (Å²) in [6.45, 7) is -0.417. The van der Waals surface area contributed by atoms with Crippen molar-refractivity contribution < 1.29 is 23.0 Å². The van der Waals surface area contributed by atoms with Gasteiger partial charge >= 0.3 is 6.61 Å². The van der Waals surface area contributed by atoms with E-state index < -0.39 is 12.0 Å². The third-order valence-corrected chi connectivity index (χ3v) is 4.72. The molecule has 2 N–H and O–H groups in total. The fourth-order valence-electron chi connectivity index (χ4n) is 2.33. The third-order valence-electron chi connectivity index (χ3n) is 3.64. The number of rotatable bonds is 5. The molecule has 1 aliphatic rings. The molecule has 0 radical (unpaired) electrons. The average Bonchev–Trinajstić information content (AvgIpc) is 2.87. The van der Waals surface area contributed by atoms with Crippen LogP contribution in [0.4, 0.5) is 13.8 Å². The molecule has 5 nitrogen and oxygen atoms in total. The highest BCUT2D eigenvalue weighted by Crippen LogP contribution is 2.42. The van der Waals surface area contributed by atoms with E-state index in [1.807, 2.05) is 6.92 Å². The van der Waals surface area contributed by atoms with Gasteiger partial charge in [-0.3, -0.25) is 4.79 Å². The molecule has 0 bridgehead atoms. The molecular formula is C15H20F2N2O3S. The van der Waals surface area contributed by atoms with Gasteiger partial charge < -0.3 is 15.2 Å². The van der Waals surface area contributed by atoms with Crippen molar-refractivity contribution in [2.24, 2.45) is 5.41 Å². The van der Waals surface area contributed by atoms with Crippen LogP contribution >= 0.6 is 11.3 Å². The standard InChI is InChI=1S/C12H12F2N2O2S.C3H8O/c13-11(14)18-6-12(5-15)2-1-7-8(4-17)10(16)19-9(7)3-12;1-3-4-2/h4,11H,1-3,6,16H2;3H2,1-2H3. The zero-order chi connectivity index (χ0) is 17.5. The number of halogens is 2. The van der Waals surface area contributed by atoms with E-state index in [1.54, 1.807) is 7.11 Å². The number of nitrogens with two attached hydrogens (primary N) is 1. The highest BCUT2D eigenvalue weighted by atomic mass is 32.1. The lowest BCUT2D eigenvalue weighted by atomic mass is 9.75. The van der Waals surface area contributed by atoms with Crippen molar-refractivity contribution in [1.82, 2.24) is 0 Å². The molecule has 2 rings (SSSR count). The van der Waals surface area contributed by atoms with Gasteiger partial charge in [-0.15, -0.1) is 11.3 Å². The van der Waals surface area contributed by atoms with Gasteiger partial charge in [0, 0.05) is 25.0 Å². The maximum atomic E-state index is 12.1. The normalized spacial score (nSPS) is 19.5. The predicted octanol–water partition coefficient (Wildman–Crippen LogP) is 3.03. The quantitative estimate of drug-likeness (QED) is 0.828. The summed E-state index contributed by atoms with van der Waals surface area (Å²) >= 11 is 1.25. The van der Waals surface area contributed by atoms with Crippen molar-refractivity contribution in [3.63, 3.8) is 0 Å². The number of hydrogen-bond acceptors (Lipinski definition) is 6. The van der Waals surface area contributed by atoms with Crippen LogP contribution in [-0.2, 0) is 22.3 Å². The van der Waals surface area contributed by atoms with Crippen LogP contribution in [-0.4, -0.2) is 33.2 Å². The maximum absolute atomic E-state index is 12.1. The Balaban J connectivity index is 0.000000593. The molecule has 0 amide bonds. The Kier molecular flexibility index (Phi) is 7.55. The fraction of sp³-hybridized carbons (Fsp3) is 0.600. The fourth-order valence-corrected chi connectivity index (χ4v) is 3.56. The number of alkyl halides is 2. The van der Waals surface area contributed by atoms with Gasteiger partial charge in [0.05, 0.1) is 28.7 Å². The summed E-state index contributed by atoms with van der Waals surface area (Å²) in [5.74, 6) is 0. The number of anilines is 1. The average molecular weight is 346 g/mol. The Bertz CT molecular complexity index is 570. The van der Waals surface area contributed by atoms with E-state index >= 15 is 0 Å². The van der Waals surface area contributed by atoms with Gasteiger partial charge in [-0.1, -0.05) is 0 Å². The van der Waals surface area contributed by atoms with Gasteiger partial charge in [0.2, 0.25) is 0 Å². The smallest absolute Gasteiger partial charge is 0.345 e. The molecule has 0 saturated carbocycles. The van der Waals surface area contributed by atoms with E-state index in [0.29, 0.717) is 36.1 Å². The van der Waals surface area contributed by atoms with E-state index in [0.717, 1.165) is 17.0 Å². The number of nitrogen functional groups attached to an aromatic ring is 1. The number of carbonyl (C=O) groups excluding carboxylic acids is 1. The Morgan fingerprint density at radius 1 is 1.57 bits per heavy atom. The second-order valence-electron chi connectivity index (χ2n) is 5.12. The van der Waals surface area contributed by atoms with Crippen LogP contribution < -0.4 is 5.73 Å². The van der Waals surface area contributed by atoms with Gasteiger partial charge in [-0.05, 0) is 25.3 Å². The third kappa shape index (κ3) is 4.96. The summed E-state index contributed by atoms with van der Waals surface area (Å²) in [5, 5.41) is 9.66. The van der Waals surface area contributed by atoms with Crippen LogP contribution in [0.1, 0.15) is 34.1 Å². The molecule has 1 aliphatic carbocycles. The number of aldehydes is 1. The highest BCUT2D eigenvalue weighted by Gasteiger charge is 2.38. The van der Waals surface area contributed by atoms with E-state index in [2.05, 4.69) is 15.5 Å². The number of ether oxygens (including phenoxy) is 2. The van der Waals surface area contributed by atoms with Crippen LogP contribution in [0, 0.1) is 16.7 Å². The Morgan fingerprint density at radius 2 is 2.22 bits per heavy atom. The van der Waals surface area contributed by atoms with Crippen LogP contribution in [0.3, 0.4) is 0 Å². The molecule has 0 aromatic carbocycles. The van der Waals surface area contributed by atoms with E-state index in [9.17, 15) is 18.8 Å². The minimum atomic E-state index is -2.88. The SMILES string of the molecule is CCOC.N#CC1(COC(F)F)CCc2c(sc(N)c2C=O)C1. The topological polar surface area (TPSA) is 85.3 Å². The zero-order valence-corrected chi connectivity index (χ0v) is 13.9. The predicted molar refractivity (Wildman–Crippen MR) is 83.7 cm³/mol. The van der Waals surface area contributed by atoms with Gasteiger partial charge in [0.15, 0.2) is 6.29 Å². The molecule has 0 fully saturated rings. The number of thiophene rings is 1. The van der Waals surface area contributed by atoms with Crippen LogP contribution in [0.5, 0.6) is 0 Å². The van der Waals surface area contributed by atoms with Crippen molar-refractivity contribution >= 4 is 22.6 Å². The summed E-state index contributed by atoms with van der Waals surface area (Å²) in [4.78, 5) is 11.8. The molecule has 23 heavy (non-hydrogen) atoms. The molecule has 1 aromatic heterocycles. The van der Waals surface area contributed by atoms with Crippen molar-refractivity contribution in [3.05, 3.63) is 16.0 Å². The number of fused-ring (bicyclic) bond motifs is 1. The van der Waals surface area contributed by atoms with Crippen molar-refractivity contribution in [3.8, 4) is 6.07 Å². The molecule has 1 aromatic rings. The van der Waals surface area contributed by atoms with Gasteiger partial charge in [-0.2, -0.15) is 14.0 Å². The van der Waals surface area contributed by atoms with E-state index in [-0.39, 0.29) is 6.61 Å². The number of hydrogen-bond donors (Lipinski definition) is 1. The first kappa shape index (κ1) is 19.5.